The average molecular weight is 460 g/mol. The molecule has 1 atom stereocenters. The number of nitrogens with one attached hydrogen (secondary N) is 2. The van der Waals surface area contributed by atoms with Gasteiger partial charge in [0.15, 0.2) is 15.0 Å². The maximum absolute atomic E-state index is 12.5. The number of aromatic nitrogens is 1. The van der Waals surface area contributed by atoms with E-state index in [1.165, 1.54) is 25.4 Å². The van der Waals surface area contributed by atoms with Gasteiger partial charge in [0.1, 0.15) is 16.8 Å². The summed E-state index contributed by atoms with van der Waals surface area (Å²) in [6.07, 6.45) is 0. The number of thiazole rings is 1. The van der Waals surface area contributed by atoms with Crippen LogP contribution in [0.15, 0.2) is 60.0 Å². The topological polar surface area (TPSA) is 114 Å². The Morgan fingerprint density at radius 3 is 2.39 bits per heavy atom. The number of benzene rings is 2. The molecule has 0 radical (unpaired) electrons. The molecule has 0 saturated carbocycles. The highest BCUT2D eigenvalue weighted by Gasteiger charge is 2.31. The second-order valence-electron chi connectivity index (χ2n) is 6.62. The second kappa shape index (κ2) is 9.71. The molecule has 0 fully saturated rings. The average Bonchev–Trinajstić information content (AvgIpc) is 3.22. The van der Waals surface area contributed by atoms with E-state index in [-0.39, 0.29) is 5.13 Å². The van der Waals surface area contributed by atoms with Crippen molar-refractivity contribution in [1.82, 2.24) is 4.98 Å². The van der Waals surface area contributed by atoms with Gasteiger partial charge in [-0.25, -0.2) is 13.4 Å². The number of ether oxygens (including phenoxy) is 1. The third-order valence-electron chi connectivity index (χ3n) is 4.42. The number of sulfone groups is 1. The van der Waals surface area contributed by atoms with Gasteiger partial charge in [0.25, 0.3) is 0 Å². The highest BCUT2D eigenvalue weighted by Crippen LogP contribution is 2.25. The molecule has 31 heavy (non-hydrogen) atoms. The van der Waals surface area contributed by atoms with Crippen LogP contribution in [0, 0.1) is 0 Å². The van der Waals surface area contributed by atoms with E-state index >= 15 is 0 Å². The van der Waals surface area contributed by atoms with Crippen molar-refractivity contribution in [3.63, 3.8) is 0 Å². The third kappa shape index (κ3) is 5.89. The number of amides is 2. The summed E-state index contributed by atoms with van der Waals surface area (Å²) in [5.41, 5.74) is 1.99. The molecule has 2 amide bonds. The predicted octanol–water partition coefficient (Wildman–Crippen LogP) is 3.20. The van der Waals surface area contributed by atoms with Crippen molar-refractivity contribution in [2.75, 3.05) is 23.5 Å². The largest absolute Gasteiger partial charge is 0.497 e. The van der Waals surface area contributed by atoms with Crippen molar-refractivity contribution in [2.45, 2.75) is 12.2 Å². The number of hydrogen-bond donors (Lipinski definition) is 2. The minimum atomic E-state index is -4.03. The Balaban J connectivity index is 1.59. The molecule has 0 saturated heterocycles. The van der Waals surface area contributed by atoms with Gasteiger partial charge < -0.3 is 15.4 Å². The molecule has 1 aromatic heterocycles. The van der Waals surface area contributed by atoms with Crippen LogP contribution in [0.5, 0.6) is 5.75 Å². The summed E-state index contributed by atoms with van der Waals surface area (Å²) in [5.74, 6) is -1.69. The van der Waals surface area contributed by atoms with E-state index in [4.69, 9.17) is 4.74 Å². The van der Waals surface area contributed by atoms with E-state index in [9.17, 15) is 18.0 Å². The Morgan fingerprint density at radius 1 is 1.06 bits per heavy atom. The number of nitrogens with zero attached hydrogens (tertiary/aromatic N) is 1. The monoisotopic (exact) mass is 459 g/mol. The van der Waals surface area contributed by atoms with Crippen molar-refractivity contribution < 1.29 is 22.7 Å². The number of carbonyl (C=O) groups is 2. The van der Waals surface area contributed by atoms with Crippen molar-refractivity contribution in [3.8, 4) is 17.0 Å². The van der Waals surface area contributed by atoms with Gasteiger partial charge in [-0.15, -0.1) is 11.3 Å². The van der Waals surface area contributed by atoms with Crippen LogP contribution in [-0.2, 0) is 19.4 Å². The maximum atomic E-state index is 12.5. The Kier molecular flexibility index (Phi) is 7.03. The molecule has 3 rings (SSSR count). The molecule has 2 aromatic carbocycles. The summed E-state index contributed by atoms with van der Waals surface area (Å²) in [7, 11) is -2.51. The summed E-state index contributed by atoms with van der Waals surface area (Å²) in [5, 5.41) is 5.65. The van der Waals surface area contributed by atoms with Gasteiger partial charge in [-0.3, -0.25) is 9.59 Å². The smallest absolute Gasteiger partial charge is 0.244 e. The van der Waals surface area contributed by atoms with Crippen LogP contribution in [0.4, 0.5) is 10.8 Å². The lowest BCUT2D eigenvalue weighted by Crippen LogP contribution is -2.37. The van der Waals surface area contributed by atoms with Gasteiger partial charge in [0, 0.05) is 16.6 Å². The minimum absolute atomic E-state index is 0.286. The summed E-state index contributed by atoms with van der Waals surface area (Å²) in [4.78, 5) is 28.9. The summed E-state index contributed by atoms with van der Waals surface area (Å²) < 4.78 is 30.1. The fourth-order valence-electron chi connectivity index (χ4n) is 2.62. The summed E-state index contributed by atoms with van der Waals surface area (Å²) in [6.45, 7) is 1.25. The maximum Gasteiger partial charge on any atom is 0.244 e. The zero-order valence-corrected chi connectivity index (χ0v) is 18.5. The van der Waals surface area contributed by atoms with E-state index in [1.54, 1.807) is 29.6 Å². The highest BCUT2D eigenvalue weighted by molar-refractivity contribution is 7.93. The lowest BCUT2D eigenvalue weighted by molar-refractivity contribution is -0.115. The van der Waals surface area contributed by atoms with Crippen LogP contribution >= 0.6 is 11.3 Å². The van der Waals surface area contributed by atoms with Gasteiger partial charge in [-0.05, 0) is 31.2 Å². The molecular weight excluding hydrogens is 438 g/mol. The van der Waals surface area contributed by atoms with Crippen molar-refractivity contribution in [1.29, 1.82) is 0 Å². The van der Waals surface area contributed by atoms with Crippen LogP contribution in [0.2, 0.25) is 0 Å². The SMILES string of the molecule is COc1ccc(NC(=O)CS(=O)(=O)C(C)C(=O)Nc2nc(-c3ccccc3)cs2)cc1. The molecule has 0 bridgehead atoms. The molecule has 10 heteroatoms. The number of anilines is 2. The molecule has 0 spiro atoms. The Morgan fingerprint density at radius 2 is 1.74 bits per heavy atom. The van der Waals surface area contributed by atoms with Crippen LogP contribution in [0.1, 0.15) is 6.92 Å². The number of hydrogen-bond acceptors (Lipinski definition) is 7. The van der Waals surface area contributed by atoms with Crippen molar-refractivity contribution >= 4 is 43.8 Å². The first kappa shape index (κ1) is 22.4. The quantitative estimate of drug-likeness (QED) is 0.535. The molecule has 3 aromatic rings. The van der Waals surface area contributed by atoms with Gasteiger partial charge in [0.2, 0.25) is 11.8 Å². The first-order valence-electron chi connectivity index (χ1n) is 9.26. The molecule has 0 aliphatic carbocycles. The Labute approximate surface area is 184 Å². The standard InChI is InChI=1S/C21H21N3O5S2/c1-14(20(26)24-21-23-18(12-30-21)15-6-4-3-5-7-15)31(27,28)13-19(25)22-16-8-10-17(29-2)11-9-16/h3-12,14H,13H2,1-2H3,(H,22,25)(H,23,24,26). The van der Waals surface area contributed by atoms with Gasteiger partial charge >= 0.3 is 0 Å². The molecular formula is C21H21N3O5S2. The second-order valence-corrected chi connectivity index (χ2v) is 9.80. The highest BCUT2D eigenvalue weighted by atomic mass is 32.2. The lowest BCUT2D eigenvalue weighted by Gasteiger charge is -2.12. The third-order valence-corrected chi connectivity index (χ3v) is 7.13. The van der Waals surface area contributed by atoms with E-state index in [0.29, 0.717) is 17.1 Å². The van der Waals surface area contributed by atoms with Gasteiger partial charge in [-0.2, -0.15) is 0 Å². The zero-order chi connectivity index (χ0) is 22.4. The molecule has 162 valence electrons. The fourth-order valence-corrected chi connectivity index (χ4v) is 4.42. The van der Waals surface area contributed by atoms with Crippen LogP contribution in [0.3, 0.4) is 0 Å². The number of carbonyl (C=O) groups excluding carboxylic acids is 2. The molecule has 2 N–H and O–H groups in total. The van der Waals surface area contributed by atoms with Crippen LogP contribution < -0.4 is 15.4 Å². The van der Waals surface area contributed by atoms with E-state index < -0.39 is 32.7 Å². The fraction of sp³-hybridized carbons (Fsp3) is 0.190. The molecule has 1 heterocycles. The molecule has 8 nitrogen and oxygen atoms in total. The van der Waals surface area contributed by atoms with E-state index in [1.807, 2.05) is 30.3 Å². The Hall–Kier alpha value is -3.24. The van der Waals surface area contributed by atoms with Crippen LogP contribution in [0.25, 0.3) is 11.3 Å². The number of methoxy groups -OCH3 is 1. The molecule has 0 aliphatic heterocycles. The molecule has 0 aliphatic rings. The van der Waals surface area contributed by atoms with Gasteiger partial charge in [0.05, 0.1) is 12.8 Å². The van der Waals surface area contributed by atoms with E-state index in [0.717, 1.165) is 5.56 Å². The van der Waals surface area contributed by atoms with Crippen molar-refractivity contribution in [2.24, 2.45) is 0 Å². The van der Waals surface area contributed by atoms with Crippen molar-refractivity contribution in [3.05, 3.63) is 60.0 Å². The minimum Gasteiger partial charge on any atom is -0.497 e. The first-order chi connectivity index (χ1) is 14.8. The predicted molar refractivity (Wildman–Crippen MR) is 121 cm³/mol. The van der Waals surface area contributed by atoms with Crippen LogP contribution in [-0.4, -0.2) is 43.3 Å². The van der Waals surface area contributed by atoms with Gasteiger partial charge in [-0.1, -0.05) is 30.3 Å². The molecule has 1 unspecified atom stereocenters. The summed E-state index contributed by atoms with van der Waals surface area (Å²) in [6, 6.07) is 15.9. The lowest BCUT2D eigenvalue weighted by atomic mass is 10.2. The zero-order valence-electron chi connectivity index (χ0n) is 16.9. The first-order valence-corrected chi connectivity index (χ1v) is 11.9. The van der Waals surface area contributed by atoms with E-state index in [2.05, 4.69) is 15.6 Å². The summed E-state index contributed by atoms with van der Waals surface area (Å²) >= 11 is 1.19. The normalized spacial score (nSPS) is 12.1. The number of rotatable bonds is 8. The Bertz CT molecular complexity index is 1160.